The SMILES string of the molecule is CC(C)(C)[Si](C)(C)OCCCn1ccc2cc(Cl)ccc21. The Morgan fingerprint density at radius 3 is 2.57 bits per heavy atom. The summed E-state index contributed by atoms with van der Waals surface area (Å²) in [5.41, 5.74) is 1.24. The van der Waals surface area contributed by atoms with E-state index in [0.29, 0.717) is 0 Å². The summed E-state index contributed by atoms with van der Waals surface area (Å²) in [4.78, 5) is 0. The number of hydrogen-bond acceptors (Lipinski definition) is 1. The number of fused-ring (bicyclic) bond motifs is 1. The highest BCUT2D eigenvalue weighted by Crippen LogP contribution is 2.36. The van der Waals surface area contributed by atoms with Crippen LogP contribution in [0.4, 0.5) is 0 Å². The molecule has 2 aromatic rings. The summed E-state index contributed by atoms with van der Waals surface area (Å²) >= 11 is 6.02. The largest absolute Gasteiger partial charge is 0.417 e. The highest BCUT2D eigenvalue weighted by atomic mass is 35.5. The molecule has 2 rings (SSSR count). The third-order valence-corrected chi connectivity index (χ3v) is 9.32. The average molecular weight is 324 g/mol. The molecule has 0 fully saturated rings. The van der Waals surface area contributed by atoms with E-state index < -0.39 is 8.32 Å². The molecule has 0 unspecified atom stereocenters. The van der Waals surface area contributed by atoms with E-state index in [2.05, 4.69) is 56.8 Å². The van der Waals surface area contributed by atoms with Gasteiger partial charge in [-0.1, -0.05) is 32.4 Å². The molecule has 2 nitrogen and oxygen atoms in total. The van der Waals surface area contributed by atoms with Gasteiger partial charge in [0.05, 0.1) is 0 Å². The predicted molar refractivity (Wildman–Crippen MR) is 94.7 cm³/mol. The van der Waals surface area contributed by atoms with Gasteiger partial charge in [0.25, 0.3) is 0 Å². The Kier molecular flexibility index (Phi) is 4.86. The molecule has 0 spiro atoms. The van der Waals surface area contributed by atoms with Crippen molar-refractivity contribution in [3.05, 3.63) is 35.5 Å². The molecule has 0 aliphatic carbocycles. The maximum Gasteiger partial charge on any atom is 0.191 e. The van der Waals surface area contributed by atoms with Crippen LogP contribution in [0.1, 0.15) is 27.2 Å². The second-order valence-electron chi connectivity index (χ2n) is 7.17. The lowest BCUT2D eigenvalue weighted by Crippen LogP contribution is -2.41. The van der Waals surface area contributed by atoms with Crippen molar-refractivity contribution in [3.8, 4) is 0 Å². The van der Waals surface area contributed by atoms with E-state index in [9.17, 15) is 0 Å². The van der Waals surface area contributed by atoms with Crippen molar-refractivity contribution >= 4 is 30.8 Å². The van der Waals surface area contributed by atoms with E-state index in [0.717, 1.165) is 24.6 Å². The molecule has 1 heterocycles. The van der Waals surface area contributed by atoms with Crippen molar-refractivity contribution in [1.82, 2.24) is 4.57 Å². The van der Waals surface area contributed by atoms with E-state index in [1.807, 2.05) is 12.1 Å². The van der Waals surface area contributed by atoms with Crippen LogP contribution >= 0.6 is 11.6 Å². The number of aryl methyl sites for hydroxylation is 1. The van der Waals surface area contributed by atoms with Gasteiger partial charge in [0.2, 0.25) is 0 Å². The van der Waals surface area contributed by atoms with Gasteiger partial charge in [0, 0.05) is 35.3 Å². The standard InChI is InChI=1S/C17H26ClNOSi/c1-17(2,3)21(4,5)20-12-6-10-19-11-9-14-13-15(18)7-8-16(14)19/h7-9,11,13H,6,10,12H2,1-5H3. The molecule has 0 radical (unpaired) electrons. The Hall–Kier alpha value is -0.773. The van der Waals surface area contributed by atoms with E-state index in [4.69, 9.17) is 16.0 Å². The first kappa shape index (κ1) is 16.6. The van der Waals surface area contributed by atoms with Crippen LogP contribution < -0.4 is 0 Å². The maximum atomic E-state index is 6.23. The van der Waals surface area contributed by atoms with Crippen molar-refractivity contribution in [2.45, 2.75) is 51.9 Å². The topological polar surface area (TPSA) is 14.2 Å². The molecule has 0 saturated heterocycles. The van der Waals surface area contributed by atoms with Crippen molar-refractivity contribution in [2.75, 3.05) is 6.61 Å². The molecule has 0 bridgehead atoms. The van der Waals surface area contributed by atoms with Gasteiger partial charge in [-0.15, -0.1) is 0 Å². The van der Waals surface area contributed by atoms with Gasteiger partial charge in [-0.3, -0.25) is 0 Å². The summed E-state index contributed by atoms with van der Waals surface area (Å²) in [6.45, 7) is 13.3. The molecule has 0 atom stereocenters. The Bertz CT molecular complexity index is 613. The molecule has 0 aliphatic heterocycles. The predicted octanol–water partition coefficient (Wildman–Crippen LogP) is 5.71. The highest BCUT2D eigenvalue weighted by Gasteiger charge is 2.36. The average Bonchev–Trinajstić information content (AvgIpc) is 2.75. The van der Waals surface area contributed by atoms with Crippen molar-refractivity contribution in [2.24, 2.45) is 0 Å². The van der Waals surface area contributed by atoms with E-state index in [1.165, 1.54) is 10.9 Å². The molecule has 21 heavy (non-hydrogen) atoms. The van der Waals surface area contributed by atoms with Crippen molar-refractivity contribution in [3.63, 3.8) is 0 Å². The monoisotopic (exact) mass is 323 g/mol. The van der Waals surface area contributed by atoms with Crippen molar-refractivity contribution < 1.29 is 4.43 Å². The Morgan fingerprint density at radius 1 is 1.19 bits per heavy atom. The third kappa shape index (κ3) is 3.90. The van der Waals surface area contributed by atoms with Crippen LogP contribution in [-0.4, -0.2) is 19.5 Å². The van der Waals surface area contributed by atoms with Crippen LogP contribution in [0.25, 0.3) is 10.9 Å². The van der Waals surface area contributed by atoms with E-state index in [1.54, 1.807) is 0 Å². The first-order valence-electron chi connectivity index (χ1n) is 7.59. The lowest BCUT2D eigenvalue weighted by molar-refractivity contribution is 0.276. The zero-order chi connectivity index (χ0) is 15.7. The molecule has 0 amide bonds. The van der Waals surface area contributed by atoms with Crippen molar-refractivity contribution in [1.29, 1.82) is 0 Å². The molecular formula is C17H26ClNOSi. The Morgan fingerprint density at radius 2 is 1.90 bits per heavy atom. The molecule has 4 heteroatoms. The van der Waals surface area contributed by atoms with Gasteiger partial charge in [0.15, 0.2) is 8.32 Å². The van der Waals surface area contributed by atoms with Crippen LogP contribution in [0.2, 0.25) is 23.2 Å². The molecule has 116 valence electrons. The van der Waals surface area contributed by atoms with Gasteiger partial charge in [-0.25, -0.2) is 0 Å². The zero-order valence-electron chi connectivity index (χ0n) is 13.7. The molecule has 0 aliphatic rings. The third-order valence-electron chi connectivity index (χ3n) is 4.55. The Labute approximate surface area is 134 Å². The van der Waals surface area contributed by atoms with Crippen LogP contribution in [-0.2, 0) is 11.0 Å². The minimum absolute atomic E-state index is 0.282. The van der Waals surface area contributed by atoms with Crippen LogP contribution in [0.15, 0.2) is 30.5 Å². The Balaban J connectivity index is 1.91. The fourth-order valence-electron chi connectivity index (χ4n) is 2.14. The first-order valence-corrected chi connectivity index (χ1v) is 10.9. The number of nitrogens with zero attached hydrogens (tertiary/aromatic N) is 1. The fourth-order valence-corrected chi connectivity index (χ4v) is 3.41. The second kappa shape index (κ2) is 6.15. The lowest BCUT2D eigenvalue weighted by atomic mass is 10.2. The number of halogens is 1. The maximum absolute atomic E-state index is 6.23. The van der Waals surface area contributed by atoms with Gasteiger partial charge in [-0.2, -0.15) is 0 Å². The normalized spacial score (nSPS) is 13.0. The quantitative estimate of drug-likeness (QED) is 0.508. The molecular weight excluding hydrogens is 298 g/mol. The number of rotatable bonds is 5. The molecule has 0 saturated carbocycles. The summed E-state index contributed by atoms with van der Waals surface area (Å²) in [7, 11) is -1.61. The first-order chi connectivity index (χ1) is 9.71. The van der Waals surface area contributed by atoms with Crippen LogP contribution in [0.3, 0.4) is 0 Å². The van der Waals surface area contributed by atoms with E-state index in [-0.39, 0.29) is 5.04 Å². The minimum atomic E-state index is -1.61. The highest BCUT2D eigenvalue weighted by molar-refractivity contribution is 6.74. The molecule has 1 aromatic carbocycles. The second-order valence-corrected chi connectivity index (χ2v) is 12.4. The molecule has 1 aromatic heterocycles. The summed E-state index contributed by atoms with van der Waals surface area (Å²) in [5, 5.41) is 2.28. The number of benzene rings is 1. The minimum Gasteiger partial charge on any atom is -0.417 e. The van der Waals surface area contributed by atoms with E-state index >= 15 is 0 Å². The summed E-state index contributed by atoms with van der Waals surface area (Å²) in [6, 6.07) is 8.17. The summed E-state index contributed by atoms with van der Waals surface area (Å²) in [6.07, 6.45) is 3.17. The van der Waals surface area contributed by atoms with Gasteiger partial charge in [0.1, 0.15) is 0 Å². The summed E-state index contributed by atoms with van der Waals surface area (Å²) in [5.74, 6) is 0. The van der Waals surface area contributed by atoms with Gasteiger partial charge >= 0.3 is 0 Å². The zero-order valence-corrected chi connectivity index (χ0v) is 15.5. The van der Waals surface area contributed by atoms with Crippen LogP contribution in [0, 0.1) is 0 Å². The van der Waals surface area contributed by atoms with Gasteiger partial charge in [-0.05, 0) is 48.8 Å². The lowest BCUT2D eigenvalue weighted by Gasteiger charge is -2.36. The van der Waals surface area contributed by atoms with Crippen LogP contribution in [0.5, 0.6) is 0 Å². The number of hydrogen-bond donors (Lipinski definition) is 0. The fraction of sp³-hybridized carbons (Fsp3) is 0.529. The summed E-state index contributed by atoms with van der Waals surface area (Å²) < 4.78 is 8.51. The number of aromatic nitrogens is 1. The smallest absolute Gasteiger partial charge is 0.191 e. The van der Waals surface area contributed by atoms with Gasteiger partial charge < -0.3 is 8.99 Å². The molecule has 0 N–H and O–H groups in total.